The highest BCUT2D eigenvalue weighted by atomic mass is 79.9. The Bertz CT molecular complexity index is 288. The summed E-state index contributed by atoms with van der Waals surface area (Å²) in [5, 5.41) is 0. The van der Waals surface area contributed by atoms with Gasteiger partial charge in [0.15, 0.2) is 0 Å². The van der Waals surface area contributed by atoms with E-state index in [4.69, 9.17) is 10.5 Å². The van der Waals surface area contributed by atoms with E-state index >= 15 is 0 Å². The van der Waals surface area contributed by atoms with E-state index in [0.29, 0.717) is 18.2 Å². The van der Waals surface area contributed by atoms with Gasteiger partial charge in [-0.25, -0.2) is 4.98 Å². The molecule has 0 aromatic carbocycles. The van der Waals surface area contributed by atoms with E-state index in [1.54, 1.807) is 18.3 Å². The van der Waals surface area contributed by atoms with E-state index in [0.717, 1.165) is 4.47 Å². The molecule has 0 fully saturated rings. The summed E-state index contributed by atoms with van der Waals surface area (Å²) < 4.78 is 5.96. The second-order valence-corrected chi connectivity index (χ2v) is 3.01. The van der Waals surface area contributed by atoms with Gasteiger partial charge < -0.3 is 10.5 Å². The lowest BCUT2D eigenvalue weighted by molar-refractivity contribution is 0.346. The van der Waals surface area contributed by atoms with Crippen molar-refractivity contribution in [3.05, 3.63) is 29.4 Å². The number of aromatic nitrogens is 1. The second kappa shape index (κ2) is 4.11. The Morgan fingerprint density at radius 1 is 1.75 bits per heavy atom. The lowest BCUT2D eigenvalue weighted by Crippen LogP contribution is -1.97. The smallest absolute Gasteiger partial charge is 0.228 e. The molecular weight excluding hydrogens is 220 g/mol. The van der Waals surface area contributed by atoms with Crippen molar-refractivity contribution in [2.45, 2.75) is 0 Å². The Labute approximate surface area is 79.4 Å². The van der Waals surface area contributed by atoms with Crippen molar-refractivity contribution in [1.82, 2.24) is 4.98 Å². The fourth-order valence-corrected chi connectivity index (χ4v) is 1.17. The third-order valence-corrected chi connectivity index (χ3v) is 1.73. The first-order valence-corrected chi connectivity index (χ1v) is 4.18. The van der Waals surface area contributed by atoms with Crippen molar-refractivity contribution in [2.75, 3.05) is 12.3 Å². The maximum atomic E-state index is 5.49. The zero-order valence-corrected chi connectivity index (χ0v) is 8.04. The molecule has 0 radical (unpaired) electrons. The second-order valence-electron chi connectivity index (χ2n) is 2.16. The predicted molar refractivity (Wildman–Crippen MR) is 52.0 cm³/mol. The number of ether oxygens (including phenoxy) is 1. The number of anilines is 1. The summed E-state index contributed by atoms with van der Waals surface area (Å²) >= 11 is 3.28. The van der Waals surface area contributed by atoms with Gasteiger partial charge in [-0.15, -0.1) is 0 Å². The summed E-state index contributed by atoms with van der Waals surface area (Å²) in [5.74, 6) is 0.532. The van der Waals surface area contributed by atoms with E-state index in [1.807, 2.05) is 0 Å². The zero-order valence-electron chi connectivity index (χ0n) is 6.46. The normalized spacial score (nSPS) is 9.42. The molecule has 0 atom stereocenters. The first kappa shape index (κ1) is 9.06. The third-order valence-electron chi connectivity index (χ3n) is 1.17. The minimum Gasteiger partial charge on any atom is -0.473 e. The monoisotopic (exact) mass is 228 g/mol. The van der Waals surface area contributed by atoms with Crippen molar-refractivity contribution in [3.63, 3.8) is 0 Å². The van der Waals surface area contributed by atoms with E-state index in [2.05, 4.69) is 27.5 Å². The summed E-state index contributed by atoms with van der Waals surface area (Å²) in [6, 6.07) is 1.74. The molecular formula is C8H9BrN2O. The van der Waals surface area contributed by atoms with E-state index in [1.165, 1.54) is 0 Å². The van der Waals surface area contributed by atoms with Gasteiger partial charge in [-0.2, -0.15) is 0 Å². The Morgan fingerprint density at radius 3 is 3.08 bits per heavy atom. The van der Waals surface area contributed by atoms with Crippen molar-refractivity contribution >= 4 is 21.6 Å². The highest BCUT2D eigenvalue weighted by Crippen LogP contribution is 2.23. The van der Waals surface area contributed by atoms with Crippen LogP contribution in [0.25, 0.3) is 0 Å². The van der Waals surface area contributed by atoms with Crippen LogP contribution in [0, 0.1) is 0 Å². The number of hydrogen-bond acceptors (Lipinski definition) is 3. The lowest BCUT2D eigenvalue weighted by atomic mass is 10.4. The number of halogens is 1. The number of nitrogens with two attached hydrogens (primary N) is 1. The molecule has 3 nitrogen and oxygen atoms in total. The molecule has 0 aliphatic heterocycles. The molecule has 1 rings (SSSR count). The lowest BCUT2D eigenvalue weighted by Gasteiger charge is -2.03. The minimum atomic E-state index is 0.440. The van der Waals surface area contributed by atoms with Crippen LogP contribution in [0.5, 0.6) is 5.88 Å². The molecule has 64 valence electrons. The minimum absolute atomic E-state index is 0.440. The van der Waals surface area contributed by atoms with E-state index < -0.39 is 0 Å². The van der Waals surface area contributed by atoms with Gasteiger partial charge in [-0.05, 0) is 22.0 Å². The highest BCUT2D eigenvalue weighted by Gasteiger charge is 2.00. The summed E-state index contributed by atoms with van der Waals surface area (Å²) in [6.07, 6.45) is 3.20. The van der Waals surface area contributed by atoms with Gasteiger partial charge in [-0.1, -0.05) is 12.7 Å². The summed E-state index contributed by atoms with van der Waals surface area (Å²) in [7, 11) is 0. The molecule has 0 saturated carbocycles. The average Bonchev–Trinajstić information content (AvgIpc) is 2.03. The van der Waals surface area contributed by atoms with Gasteiger partial charge in [0.05, 0.1) is 16.4 Å². The predicted octanol–water partition coefficient (Wildman–Crippen LogP) is 1.99. The average molecular weight is 229 g/mol. The molecule has 0 saturated heterocycles. The molecule has 0 spiro atoms. The van der Waals surface area contributed by atoms with Gasteiger partial charge >= 0.3 is 0 Å². The van der Waals surface area contributed by atoms with Gasteiger partial charge in [0.1, 0.15) is 6.61 Å². The van der Waals surface area contributed by atoms with Crippen LogP contribution < -0.4 is 10.5 Å². The number of nitrogens with zero attached hydrogens (tertiary/aromatic N) is 1. The molecule has 0 bridgehead atoms. The van der Waals surface area contributed by atoms with Crippen LogP contribution in [0.3, 0.4) is 0 Å². The quantitative estimate of drug-likeness (QED) is 0.806. The van der Waals surface area contributed by atoms with Gasteiger partial charge in [0.25, 0.3) is 0 Å². The van der Waals surface area contributed by atoms with Crippen LogP contribution in [0.4, 0.5) is 5.69 Å². The maximum Gasteiger partial charge on any atom is 0.228 e. The molecule has 0 unspecified atom stereocenters. The number of pyridine rings is 1. The number of nitrogen functional groups attached to an aromatic ring is 1. The van der Waals surface area contributed by atoms with Crippen LogP contribution in [-0.2, 0) is 0 Å². The number of rotatable bonds is 3. The fraction of sp³-hybridized carbons (Fsp3) is 0.125. The van der Waals surface area contributed by atoms with Crippen molar-refractivity contribution in [2.24, 2.45) is 0 Å². The fourth-order valence-electron chi connectivity index (χ4n) is 0.684. The Kier molecular flexibility index (Phi) is 3.10. The van der Waals surface area contributed by atoms with Crippen LogP contribution in [0.1, 0.15) is 0 Å². The zero-order chi connectivity index (χ0) is 8.97. The molecule has 4 heteroatoms. The molecule has 0 aliphatic rings. The van der Waals surface area contributed by atoms with Crippen LogP contribution in [0.2, 0.25) is 0 Å². The Balaban J connectivity index is 2.78. The Morgan fingerprint density at radius 2 is 2.50 bits per heavy atom. The van der Waals surface area contributed by atoms with Crippen molar-refractivity contribution in [3.8, 4) is 5.88 Å². The standard InChI is InChI=1S/C8H9BrN2O/c1-2-3-12-8-7(9)4-6(10)5-11-8/h2,4-5H,1,3,10H2. The molecule has 2 N–H and O–H groups in total. The SMILES string of the molecule is C=CCOc1ncc(N)cc1Br. The molecule has 12 heavy (non-hydrogen) atoms. The summed E-state index contributed by atoms with van der Waals surface area (Å²) in [6.45, 7) is 3.97. The largest absolute Gasteiger partial charge is 0.473 e. The van der Waals surface area contributed by atoms with Crippen LogP contribution in [-0.4, -0.2) is 11.6 Å². The highest BCUT2D eigenvalue weighted by molar-refractivity contribution is 9.10. The maximum absolute atomic E-state index is 5.49. The molecule has 1 aromatic rings. The van der Waals surface area contributed by atoms with Crippen molar-refractivity contribution < 1.29 is 4.74 Å². The molecule has 0 aliphatic carbocycles. The molecule has 1 aromatic heterocycles. The molecule has 0 amide bonds. The Hall–Kier alpha value is -1.03. The van der Waals surface area contributed by atoms with Gasteiger partial charge in [0.2, 0.25) is 5.88 Å². The first-order valence-electron chi connectivity index (χ1n) is 3.38. The summed E-state index contributed by atoms with van der Waals surface area (Å²) in [5.41, 5.74) is 6.09. The molecule has 1 heterocycles. The third kappa shape index (κ3) is 2.23. The first-order chi connectivity index (χ1) is 5.74. The van der Waals surface area contributed by atoms with E-state index in [9.17, 15) is 0 Å². The summed E-state index contributed by atoms with van der Waals surface area (Å²) in [4.78, 5) is 3.97. The van der Waals surface area contributed by atoms with Crippen LogP contribution >= 0.6 is 15.9 Å². The van der Waals surface area contributed by atoms with E-state index in [-0.39, 0.29) is 0 Å². The van der Waals surface area contributed by atoms with Crippen molar-refractivity contribution in [1.29, 1.82) is 0 Å². The number of hydrogen-bond donors (Lipinski definition) is 1. The van der Waals surface area contributed by atoms with Gasteiger partial charge in [-0.3, -0.25) is 0 Å². The van der Waals surface area contributed by atoms with Crippen LogP contribution in [0.15, 0.2) is 29.4 Å². The topological polar surface area (TPSA) is 48.1 Å². The van der Waals surface area contributed by atoms with Gasteiger partial charge in [0, 0.05) is 0 Å².